The van der Waals surface area contributed by atoms with Gasteiger partial charge in [-0.2, -0.15) is 4.31 Å². The number of benzene rings is 1. The number of piperidine rings is 1. The van der Waals surface area contributed by atoms with Crippen molar-refractivity contribution in [1.82, 2.24) is 19.7 Å². The Kier molecular flexibility index (Phi) is 5.67. The quantitative estimate of drug-likeness (QED) is 0.639. The zero-order valence-electron chi connectivity index (χ0n) is 16.5. The van der Waals surface area contributed by atoms with E-state index in [4.69, 9.17) is 4.52 Å². The minimum Gasteiger partial charge on any atom is -0.360 e. The molecule has 0 aliphatic carbocycles. The number of nitrogens with zero attached hydrogens (tertiary/aromatic N) is 4. The van der Waals surface area contributed by atoms with Crippen LogP contribution in [0.5, 0.6) is 0 Å². The minimum atomic E-state index is -3.72. The van der Waals surface area contributed by atoms with Gasteiger partial charge in [0.25, 0.3) is 5.91 Å². The Morgan fingerprint density at radius 2 is 2.00 bits per heavy atom. The normalized spacial score (nSPS) is 17.7. The van der Waals surface area contributed by atoms with Gasteiger partial charge in [0.05, 0.1) is 0 Å². The van der Waals surface area contributed by atoms with Crippen molar-refractivity contribution in [3.8, 4) is 0 Å². The Hall–Kier alpha value is -2.63. The number of aryl methyl sites for hydroxylation is 2. The number of hydrogen-bond donors (Lipinski definition) is 1. The lowest BCUT2D eigenvalue weighted by atomic mass is 10.0. The van der Waals surface area contributed by atoms with E-state index in [9.17, 15) is 13.2 Å². The van der Waals surface area contributed by atoms with E-state index in [0.29, 0.717) is 29.4 Å². The van der Waals surface area contributed by atoms with Gasteiger partial charge in [-0.25, -0.2) is 8.42 Å². The first-order chi connectivity index (χ1) is 14.4. The van der Waals surface area contributed by atoms with Gasteiger partial charge in [-0.15, -0.1) is 10.2 Å². The number of para-hydroxylation sites is 1. The first-order valence-electron chi connectivity index (χ1n) is 9.49. The van der Waals surface area contributed by atoms with E-state index in [1.54, 1.807) is 26.0 Å². The van der Waals surface area contributed by atoms with Crippen LogP contribution in [0.4, 0.5) is 5.69 Å². The van der Waals surface area contributed by atoms with Crippen LogP contribution in [-0.2, 0) is 10.0 Å². The van der Waals surface area contributed by atoms with Crippen LogP contribution in [0.2, 0.25) is 0 Å². The molecule has 1 N–H and O–H groups in total. The van der Waals surface area contributed by atoms with Crippen molar-refractivity contribution in [2.45, 2.75) is 37.5 Å². The lowest BCUT2D eigenvalue weighted by molar-refractivity contribution is 0.102. The molecular weight excluding hydrogens is 426 g/mol. The molecule has 3 heterocycles. The Morgan fingerprint density at radius 1 is 1.23 bits per heavy atom. The van der Waals surface area contributed by atoms with Crippen LogP contribution < -0.4 is 5.32 Å². The largest absolute Gasteiger partial charge is 0.360 e. The van der Waals surface area contributed by atoms with E-state index < -0.39 is 10.0 Å². The fourth-order valence-electron chi connectivity index (χ4n) is 3.53. The van der Waals surface area contributed by atoms with Gasteiger partial charge in [0.1, 0.15) is 15.6 Å². The SMILES string of the molecule is Cc1noc(C)c1S(=O)(=O)N1CCC[C@@H](c2nnc(C(=O)Nc3ccccc3)s2)C1. The number of nitrogens with one attached hydrogen (secondary N) is 1. The van der Waals surface area contributed by atoms with E-state index in [0.717, 1.165) is 6.42 Å². The summed E-state index contributed by atoms with van der Waals surface area (Å²) in [5, 5.41) is 15.6. The standard InChI is InChI=1S/C19H21N5O4S2/c1-12-16(13(2)28-23-12)30(26,27)24-10-6-7-14(11-24)18-21-22-19(29-18)17(25)20-15-8-4-3-5-9-15/h3-5,8-9,14H,6-7,10-11H2,1-2H3,(H,20,25)/t14-/m1/s1. The monoisotopic (exact) mass is 447 g/mol. The molecule has 158 valence electrons. The summed E-state index contributed by atoms with van der Waals surface area (Å²) in [5.74, 6) is -0.170. The van der Waals surface area contributed by atoms with Gasteiger partial charge in [-0.05, 0) is 38.8 Å². The molecule has 1 saturated heterocycles. The Labute approximate surface area is 178 Å². The number of hydrogen-bond acceptors (Lipinski definition) is 8. The van der Waals surface area contributed by atoms with Crippen LogP contribution in [0.25, 0.3) is 0 Å². The molecule has 0 bridgehead atoms. The zero-order valence-corrected chi connectivity index (χ0v) is 18.2. The average molecular weight is 448 g/mol. The summed E-state index contributed by atoms with van der Waals surface area (Å²) >= 11 is 1.20. The minimum absolute atomic E-state index is 0.121. The molecule has 4 rings (SSSR count). The molecule has 11 heteroatoms. The van der Waals surface area contributed by atoms with Crippen molar-refractivity contribution in [2.75, 3.05) is 18.4 Å². The maximum absolute atomic E-state index is 13.1. The molecule has 1 atom stereocenters. The van der Waals surface area contributed by atoms with Crippen molar-refractivity contribution >= 4 is 33.0 Å². The third kappa shape index (κ3) is 4.00. The molecule has 9 nitrogen and oxygen atoms in total. The lowest BCUT2D eigenvalue weighted by Gasteiger charge is -2.30. The number of amides is 1. The molecule has 0 spiro atoms. The fraction of sp³-hybridized carbons (Fsp3) is 0.368. The van der Waals surface area contributed by atoms with Gasteiger partial charge in [-0.3, -0.25) is 4.79 Å². The second-order valence-electron chi connectivity index (χ2n) is 7.12. The highest BCUT2D eigenvalue weighted by Crippen LogP contribution is 2.33. The van der Waals surface area contributed by atoms with Crippen LogP contribution in [0, 0.1) is 13.8 Å². The summed E-state index contributed by atoms with van der Waals surface area (Å²) in [6.07, 6.45) is 1.47. The maximum Gasteiger partial charge on any atom is 0.286 e. The van der Waals surface area contributed by atoms with Crippen LogP contribution in [0.3, 0.4) is 0 Å². The molecule has 1 aliphatic rings. The highest BCUT2D eigenvalue weighted by molar-refractivity contribution is 7.89. The molecule has 3 aromatic rings. The molecule has 2 aromatic heterocycles. The smallest absolute Gasteiger partial charge is 0.286 e. The molecule has 1 amide bonds. The van der Waals surface area contributed by atoms with Crippen molar-refractivity contribution < 1.29 is 17.7 Å². The van der Waals surface area contributed by atoms with Crippen LogP contribution in [0.1, 0.15) is 45.0 Å². The Balaban J connectivity index is 1.50. The molecule has 0 unspecified atom stereocenters. The number of sulfonamides is 1. The van der Waals surface area contributed by atoms with Crippen molar-refractivity contribution in [3.63, 3.8) is 0 Å². The summed E-state index contributed by atoms with van der Waals surface area (Å²) in [6.45, 7) is 3.91. The summed E-state index contributed by atoms with van der Waals surface area (Å²) in [7, 11) is -3.72. The second kappa shape index (κ2) is 8.25. The average Bonchev–Trinajstić information content (AvgIpc) is 3.36. The molecule has 1 aliphatic heterocycles. The van der Waals surface area contributed by atoms with E-state index in [1.165, 1.54) is 15.6 Å². The number of anilines is 1. The summed E-state index contributed by atoms with van der Waals surface area (Å²) in [4.78, 5) is 12.6. The summed E-state index contributed by atoms with van der Waals surface area (Å²) in [6, 6.07) is 9.11. The number of rotatable bonds is 5. The van der Waals surface area contributed by atoms with Crippen molar-refractivity contribution in [3.05, 3.63) is 51.8 Å². The lowest BCUT2D eigenvalue weighted by Crippen LogP contribution is -2.39. The Bertz CT molecular complexity index is 1140. The first kappa shape index (κ1) is 20.6. The predicted octanol–water partition coefficient (Wildman–Crippen LogP) is 2.96. The second-order valence-corrected chi connectivity index (χ2v) is 10.0. The fourth-order valence-corrected chi connectivity index (χ4v) is 6.21. The highest BCUT2D eigenvalue weighted by atomic mass is 32.2. The molecule has 0 saturated carbocycles. The number of aromatic nitrogens is 3. The number of carbonyl (C=O) groups is 1. The summed E-state index contributed by atoms with van der Waals surface area (Å²) < 4.78 is 32.7. The summed E-state index contributed by atoms with van der Waals surface area (Å²) in [5.41, 5.74) is 1.03. The van der Waals surface area contributed by atoms with Gasteiger partial charge in [0, 0.05) is 24.7 Å². The third-order valence-electron chi connectivity index (χ3n) is 4.97. The van der Waals surface area contributed by atoms with Crippen molar-refractivity contribution in [1.29, 1.82) is 0 Å². The highest BCUT2D eigenvalue weighted by Gasteiger charge is 2.36. The van der Waals surface area contributed by atoms with Gasteiger partial charge in [0.2, 0.25) is 15.0 Å². The van der Waals surface area contributed by atoms with E-state index in [-0.39, 0.29) is 34.0 Å². The van der Waals surface area contributed by atoms with Crippen LogP contribution in [0.15, 0.2) is 39.8 Å². The van der Waals surface area contributed by atoms with Crippen LogP contribution >= 0.6 is 11.3 Å². The predicted molar refractivity (Wildman–Crippen MR) is 111 cm³/mol. The Morgan fingerprint density at radius 3 is 2.70 bits per heavy atom. The first-order valence-corrected chi connectivity index (χ1v) is 11.7. The maximum atomic E-state index is 13.1. The van der Waals surface area contributed by atoms with Gasteiger partial charge in [0.15, 0.2) is 5.76 Å². The van der Waals surface area contributed by atoms with Gasteiger partial charge in [-0.1, -0.05) is 34.7 Å². The molecule has 1 aromatic carbocycles. The molecule has 30 heavy (non-hydrogen) atoms. The van der Waals surface area contributed by atoms with E-state index >= 15 is 0 Å². The molecular formula is C19H21N5O4S2. The van der Waals surface area contributed by atoms with E-state index in [1.807, 2.05) is 18.2 Å². The molecule has 0 radical (unpaired) electrons. The zero-order chi connectivity index (χ0) is 21.3. The van der Waals surface area contributed by atoms with Crippen molar-refractivity contribution in [2.24, 2.45) is 0 Å². The van der Waals surface area contributed by atoms with Gasteiger partial charge < -0.3 is 9.84 Å². The number of carbonyl (C=O) groups excluding carboxylic acids is 1. The molecule has 1 fully saturated rings. The van der Waals surface area contributed by atoms with E-state index in [2.05, 4.69) is 20.7 Å². The van der Waals surface area contributed by atoms with Gasteiger partial charge >= 0.3 is 0 Å². The van der Waals surface area contributed by atoms with Crippen LogP contribution in [-0.4, -0.2) is 47.1 Å². The third-order valence-corrected chi connectivity index (χ3v) is 8.16. The topological polar surface area (TPSA) is 118 Å².